The largest absolute Gasteiger partial charge is 0.490 e. The van der Waals surface area contributed by atoms with E-state index in [2.05, 4.69) is 52.8 Å². The maximum Gasteiger partial charge on any atom is 0.335 e. The molecule has 0 spiro atoms. The summed E-state index contributed by atoms with van der Waals surface area (Å²) < 4.78 is 12.7. The molecule has 4 aromatic carbocycles. The molecule has 0 aliphatic heterocycles. The summed E-state index contributed by atoms with van der Waals surface area (Å²) in [5.74, 6) is 1.07. The lowest BCUT2D eigenvalue weighted by molar-refractivity contribution is 0.0696. The molecule has 8 heteroatoms. The highest BCUT2D eigenvalue weighted by Gasteiger charge is 2.20. The Hall–Kier alpha value is -3.60. The van der Waals surface area contributed by atoms with Crippen LogP contribution in [0.1, 0.15) is 29.8 Å². The number of aliphatic hydroxyl groups is 1. The van der Waals surface area contributed by atoms with Crippen LogP contribution in [-0.4, -0.2) is 46.0 Å². The van der Waals surface area contributed by atoms with E-state index in [1.54, 1.807) is 12.1 Å². The number of para-hydroxylation sites is 1. The summed E-state index contributed by atoms with van der Waals surface area (Å²) in [5.41, 5.74) is 3.15. The predicted molar refractivity (Wildman–Crippen MR) is 166 cm³/mol. The molecular formula is C32H31IN2O5. The topological polar surface area (TPSA) is 104 Å². The molecule has 40 heavy (non-hydrogen) atoms. The van der Waals surface area contributed by atoms with E-state index in [4.69, 9.17) is 14.6 Å². The number of carbonyl (C=O) groups is 1. The molecule has 7 nitrogen and oxygen atoms in total. The minimum atomic E-state index is -0.965. The zero-order valence-corrected chi connectivity index (χ0v) is 24.4. The predicted octanol–water partition coefficient (Wildman–Crippen LogP) is 6.77. The van der Waals surface area contributed by atoms with Crippen LogP contribution in [0.5, 0.6) is 17.2 Å². The Kier molecular flexibility index (Phi) is 8.30. The molecule has 0 radical (unpaired) electrons. The average Bonchev–Trinajstić information content (AvgIpc) is 3.32. The van der Waals surface area contributed by atoms with E-state index in [9.17, 15) is 9.90 Å². The highest BCUT2D eigenvalue weighted by atomic mass is 127. The number of aromatic amines is 1. The van der Waals surface area contributed by atoms with E-state index in [-0.39, 0.29) is 17.7 Å². The standard InChI is InChI=1S/C32H31IN2O5/c1-32(2,17-20-10-13-23(14-11-20)40-28-15-12-21(31(37)38)16-25(28)33)34-18-22(36)19-39-29-9-5-8-27-30(29)24-6-3-4-7-26(24)35-27/h3-16,22,34-36H,17-19H2,1-2H3,(H,37,38). The minimum Gasteiger partial charge on any atom is -0.490 e. The molecule has 1 atom stereocenters. The van der Waals surface area contributed by atoms with E-state index in [1.165, 1.54) is 6.07 Å². The van der Waals surface area contributed by atoms with Crippen LogP contribution < -0.4 is 14.8 Å². The van der Waals surface area contributed by atoms with Crippen molar-refractivity contribution >= 4 is 50.4 Å². The number of β-amino-alcohol motifs (C(OH)–C–C–N with tert-alkyl or cyclic N) is 1. The quantitative estimate of drug-likeness (QED) is 0.118. The fraction of sp³-hybridized carbons (Fsp3) is 0.219. The smallest absolute Gasteiger partial charge is 0.335 e. The number of fused-ring (bicyclic) bond motifs is 3. The number of halogens is 1. The van der Waals surface area contributed by atoms with Gasteiger partial charge in [-0.05, 0) is 97.0 Å². The molecule has 5 aromatic rings. The van der Waals surface area contributed by atoms with E-state index < -0.39 is 12.1 Å². The van der Waals surface area contributed by atoms with Crippen LogP contribution in [0.15, 0.2) is 84.9 Å². The van der Waals surface area contributed by atoms with Crippen LogP contribution in [-0.2, 0) is 6.42 Å². The lowest BCUT2D eigenvalue weighted by atomic mass is 9.94. The normalized spacial score (nSPS) is 12.5. The van der Waals surface area contributed by atoms with Crippen LogP contribution >= 0.6 is 22.6 Å². The summed E-state index contributed by atoms with van der Waals surface area (Å²) in [6.45, 7) is 4.77. The maximum absolute atomic E-state index is 11.2. The first kappa shape index (κ1) is 27.9. The number of ether oxygens (including phenoxy) is 2. The van der Waals surface area contributed by atoms with Crippen LogP contribution in [0.25, 0.3) is 21.8 Å². The van der Waals surface area contributed by atoms with Crippen molar-refractivity contribution in [2.24, 2.45) is 0 Å². The van der Waals surface area contributed by atoms with Gasteiger partial charge in [-0.15, -0.1) is 0 Å². The van der Waals surface area contributed by atoms with Crippen molar-refractivity contribution in [2.45, 2.75) is 31.9 Å². The van der Waals surface area contributed by atoms with E-state index in [1.807, 2.05) is 60.7 Å². The SMILES string of the molecule is CC(C)(Cc1ccc(Oc2ccc(C(=O)O)cc2I)cc1)NCC(O)COc1cccc2[nH]c3ccccc3c12. The Labute approximate surface area is 246 Å². The first-order chi connectivity index (χ1) is 19.2. The zero-order chi connectivity index (χ0) is 28.3. The van der Waals surface area contributed by atoms with Crippen molar-refractivity contribution in [3.63, 3.8) is 0 Å². The second-order valence-corrected chi connectivity index (χ2v) is 11.6. The monoisotopic (exact) mass is 650 g/mol. The molecule has 5 rings (SSSR count). The van der Waals surface area contributed by atoms with Crippen molar-refractivity contribution in [2.75, 3.05) is 13.2 Å². The van der Waals surface area contributed by atoms with E-state index >= 15 is 0 Å². The summed E-state index contributed by atoms with van der Waals surface area (Å²) in [4.78, 5) is 14.6. The third kappa shape index (κ3) is 6.57. The number of benzene rings is 4. The van der Waals surface area contributed by atoms with Gasteiger partial charge in [-0.1, -0.05) is 36.4 Å². The van der Waals surface area contributed by atoms with Gasteiger partial charge < -0.3 is 30.0 Å². The lowest BCUT2D eigenvalue weighted by Gasteiger charge is -2.28. The van der Waals surface area contributed by atoms with Gasteiger partial charge in [-0.2, -0.15) is 0 Å². The first-order valence-electron chi connectivity index (χ1n) is 13.0. The Bertz CT molecular complexity index is 1650. The maximum atomic E-state index is 11.2. The molecule has 1 aromatic heterocycles. The van der Waals surface area contributed by atoms with Crippen molar-refractivity contribution in [1.29, 1.82) is 0 Å². The molecule has 0 amide bonds. The summed E-state index contributed by atoms with van der Waals surface area (Å²) in [6, 6.07) is 26.7. The van der Waals surface area contributed by atoms with Gasteiger partial charge in [0.05, 0.1) is 14.7 Å². The van der Waals surface area contributed by atoms with Crippen molar-refractivity contribution < 1.29 is 24.5 Å². The van der Waals surface area contributed by atoms with Gasteiger partial charge in [0.1, 0.15) is 30.0 Å². The molecular weight excluding hydrogens is 619 g/mol. The molecule has 1 heterocycles. The first-order valence-corrected chi connectivity index (χ1v) is 14.1. The zero-order valence-electron chi connectivity index (χ0n) is 22.3. The minimum absolute atomic E-state index is 0.181. The highest BCUT2D eigenvalue weighted by molar-refractivity contribution is 14.1. The van der Waals surface area contributed by atoms with Crippen LogP contribution in [0.3, 0.4) is 0 Å². The molecule has 1 unspecified atom stereocenters. The fourth-order valence-corrected chi connectivity index (χ4v) is 5.34. The summed E-state index contributed by atoms with van der Waals surface area (Å²) >= 11 is 2.07. The van der Waals surface area contributed by atoms with Crippen molar-refractivity contribution in [3.8, 4) is 17.2 Å². The molecule has 0 aliphatic carbocycles. The van der Waals surface area contributed by atoms with Gasteiger partial charge in [-0.3, -0.25) is 0 Å². The number of hydrogen-bond acceptors (Lipinski definition) is 5. The van der Waals surface area contributed by atoms with Gasteiger partial charge in [0.2, 0.25) is 0 Å². The van der Waals surface area contributed by atoms with Crippen LogP contribution in [0, 0.1) is 3.57 Å². The fourth-order valence-electron chi connectivity index (χ4n) is 4.72. The lowest BCUT2D eigenvalue weighted by Crippen LogP contribution is -2.46. The van der Waals surface area contributed by atoms with Gasteiger partial charge in [-0.25, -0.2) is 4.79 Å². The summed E-state index contributed by atoms with van der Waals surface area (Å²) in [5, 5.41) is 25.4. The second-order valence-electron chi connectivity index (χ2n) is 10.5. The van der Waals surface area contributed by atoms with Gasteiger partial charge in [0.15, 0.2) is 0 Å². The molecule has 0 bridgehead atoms. The molecule has 4 N–H and O–H groups in total. The van der Waals surface area contributed by atoms with E-state index in [0.29, 0.717) is 18.0 Å². The Morgan fingerprint density at radius 3 is 2.48 bits per heavy atom. The highest BCUT2D eigenvalue weighted by Crippen LogP contribution is 2.33. The third-order valence-electron chi connectivity index (χ3n) is 6.72. The number of H-pyrrole nitrogens is 1. The molecule has 0 saturated carbocycles. The Balaban J connectivity index is 1.14. The average molecular weight is 651 g/mol. The number of hydrogen-bond donors (Lipinski definition) is 4. The van der Waals surface area contributed by atoms with Crippen LogP contribution in [0.2, 0.25) is 0 Å². The number of nitrogens with one attached hydrogen (secondary N) is 2. The van der Waals surface area contributed by atoms with Crippen molar-refractivity contribution in [1.82, 2.24) is 10.3 Å². The number of carboxylic acids is 1. The van der Waals surface area contributed by atoms with Crippen LogP contribution in [0.4, 0.5) is 0 Å². The van der Waals surface area contributed by atoms with Gasteiger partial charge >= 0.3 is 5.97 Å². The molecule has 206 valence electrons. The van der Waals surface area contributed by atoms with Gasteiger partial charge in [0, 0.05) is 28.4 Å². The second kappa shape index (κ2) is 11.9. The Morgan fingerprint density at radius 2 is 1.73 bits per heavy atom. The van der Waals surface area contributed by atoms with Crippen molar-refractivity contribution in [3.05, 3.63) is 99.6 Å². The number of aromatic carboxylic acids is 1. The summed E-state index contributed by atoms with van der Waals surface area (Å²) in [6.07, 6.45) is 0.0749. The third-order valence-corrected chi connectivity index (χ3v) is 7.56. The van der Waals surface area contributed by atoms with Gasteiger partial charge in [0.25, 0.3) is 0 Å². The molecule has 0 saturated heterocycles. The number of aromatic nitrogens is 1. The molecule has 0 aliphatic rings. The Morgan fingerprint density at radius 1 is 0.975 bits per heavy atom. The van der Waals surface area contributed by atoms with E-state index in [0.717, 1.165) is 43.1 Å². The summed E-state index contributed by atoms with van der Waals surface area (Å²) in [7, 11) is 0. The number of rotatable bonds is 11. The number of carboxylic acid groups (broad SMARTS) is 1. The molecule has 0 fully saturated rings. The number of aliphatic hydroxyl groups excluding tert-OH is 1.